The van der Waals surface area contributed by atoms with E-state index in [0.29, 0.717) is 43.3 Å². The molecule has 4 heterocycles. The van der Waals surface area contributed by atoms with Gasteiger partial charge in [-0.15, -0.1) is 0 Å². The number of carbonyl (C=O) groups is 1. The SMILES string of the molecule is Cc1cc(C)c(N2CCN(C(=O)c3ccc(-n4c(C)c(O)[nH]c4=O)nc3)CC2)nc1C. The number of aryl methyl sites for hydroxylation is 3. The number of pyridine rings is 2. The zero-order chi connectivity index (χ0) is 22.3. The Kier molecular flexibility index (Phi) is 5.26. The molecular weight excluding hydrogens is 396 g/mol. The van der Waals surface area contributed by atoms with Gasteiger partial charge in [-0.25, -0.2) is 19.3 Å². The van der Waals surface area contributed by atoms with Crippen LogP contribution in [-0.4, -0.2) is 61.6 Å². The van der Waals surface area contributed by atoms with Crippen LogP contribution in [0, 0.1) is 27.7 Å². The molecule has 0 bridgehead atoms. The summed E-state index contributed by atoms with van der Waals surface area (Å²) in [4.78, 5) is 40.3. The summed E-state index contributed by atoms with van der Waals surface area (Å²) >= 11 is 0. The van der Waals surface area contributed by atoms with E-state index in [1.54, 1.807) is 19.1 Å². The van der Waals surface area contributed by atoms with Gasteiger partial charge in [-0.3, -0.25) is 9.78 Å². The number of anilines is 1. The van der Waals surface area contributed by atoms with Crippen molar-refractivity contribution in [3.63, 3.8) is 0 Å². The molecule has 9 nitrogen and oxygen atoms in total. The fraction of sp³-hybridized carbons (Fsp3) is 0.364. The summed E-state index contributed by atoms with van der Waals surface area (Å²) in [7, 11) is 0. The van der Waals surface area contributed by atoms with E-state index in [2.05, 4.69) is 34.8 Å². The molecule has 1 saturated heterocycles. The number of nitrogens with zero attached hydrogens (tertiary/aromatic N) is 5. The van der Waals surface area contributed by atoms with Crippen LogP contribution >= 0.6 is 0 Å². The monoisotopic (exact) mass is 422 g/mol. The van der Waals surface area contributed by atoms with Crippen LogP contribution in [0.4, 0.5) is 5.82 Å². The van der Waals surface area contributed by atoms with Crippen LogP contribution in [0.3, 0.4) is 0 Å². The average Bonchev–Trinajstić information content (AvgIpc) is 3.02. The molecule has 0 saturated carbocycles. The highest BCUT2D eigenvalue weighted by molar-refractivity contribution is 5.94. The van der Waals surface area contributed by atoms with Gasteiger partial charge in [-0.1, -0.05) is 6.07 Å². The van der Waals surface area contributed by atoms with E-state index in [9.17, 15) is 14.7 Å². The van der Waals surface area contributed by atoms with Crippen molar-refractivity contribution in [2.24, 2.45) is 0 Å². The number of aromatic hydroxyl groups is 1. The lowest BCUT2D eigenvalue weighted by molar-refractivity contribution is 0.0746. The zero-order valence-corrected chi connectivity index (χ0v) is 18.1. The van der Waals surface area contributed by atoms with Crippen molar-refractivity contribution in [1.82, 2.24) is 24.4 Å². The Bertz CT molecular complexity index is 1190. The normalized spacial score (nSPS) is 14.2. The van der Waals surface area contributed by atoms with Crippen molar-refractivity contribution in [2.45, 2.75) is 27.7 Å². The van der Waals surface area contributed by atoms with E-state index in [4.69, 9.17) is 4.98 Å². The first kappa shape index (κ1) is 20.6. The minimum absolute atomic E-state index is 0.0931. The second kappa shape index (κ2) is 7.90. The fourth-order valence-electron chi connectivity index (χ4n) is 3.88. The molecule has 0 spiro atoms. The van der Waals surface area contributed by atoms with Crippen LogP contribution in [0.2, 0.25) is 0 Å². The van der Waals surface area contributed by atoms with Gasteiger partial charge in [-0.2, -0.15) is 0 Å². The molecule has 9 heteroatoms. The number of amides is 1. The molecule has 2 N–H and O–H groups in total. The van der Waals surface area contributed by atoms with Gasteiger partial charge in [0.25, 0.3) is 5.91 Å². The number of H-pyrrole nitrogens is 1. The molecule has 0 atom stereocenters. The number of piperazine rings is 1. The number of hydrogen-bond donors (Lipinski definition) is 2. The second-order valence-corrected chi connectivity index (χ2v) is 7.92. The van der Waals surface area contributed by atoms with Crippen molar-refractivity contribution in [1.29, 1.82) is 0 Å². The molecule has 4 rings (SSSR count). The Morgan fingerprint density at radius 3 is 2.35 bits per heavy atom. The van der Waals surface area contributed by atoms with E-state index in [0.717, 1.165) is 17.1 Å². The minimum atomic E-state index is -0.479. The summed E-state index contributed by atoms with van der Waals surface area (Å²) in [6.45, 7) is 10.4. The summed E-state index contributed by atoms with van der Waals surface area (Å²) in [5, 5.41) is 9.67. The third-order valence-corrected chi connectivity index (χ3v) is 5.83. The molecule has 3 aromatic rings. The molecule has 1 aliphatic rings. The number of hydrogen-bond acceptors (Lipinski definition) is 6. The van der Waals surface area contributed by atoms with E-state index >= 15 is 0 Å². The molecular formula is C22H26N6O3. The van der Waals surface area contributed by atoms with Crippen molar-refractivity contribution in [3.05, 3.63) is 63.0 Å². The Balaban J connectivity index is 1.45. The van der Waals surface area contributed by atoms with E-state index in [-0.39, 0.29) is 11.8 Å². The molecule has 3 aromatic heterocycles. The highest BCUT2D eigenvalue weighted by atomic mass is 16.3. The molecule has 1 amide bonds. The second-order valence-electron chi connectivity index (χ2n) is 7.92. The first-order valence-corrected chi connectivity index (χ1v) is 10.2. The lowest BCUT2D eigenvalue weighted by atomic mass is 10.1. The summed E-state index contributed by atoms with van der Waals surface area (Å²) in [6, 6.07) is 5.41. The van der Waals surface area contributed by atoms with Crippen LogP contribution < -0.4 is 10.6 Å². The summed E-state index contributed by atoms with van der Waals surface area (Å²) < 4.78 is 1.27. The minimum Gasteiger partial charge on any atom is -0.493 e. The number of aromatic amines is 1. The topological polar surface area (TPSA) is 107 Å². The molecule has 0 aromatic carbocycles. The lowest BCUT2D eigenvalue weighted by Gasteiger charge is -2.36. The van der Waals surface area contributed by atoms with Crippen molar-refractivity contribution >= 4 is 11.7 Å². The number of nitrogens with one attached hydrogen (secondary N) is 1. The first-order valence-electron chi connectivity index (χ1n) is 10.2. The first-order chi connectivity index (χ1) is 14.8. The predicted octanol–water partition coefficient (Wildman–Crippen LogP) is 1.86. The average molecular weight is 422 g/mol. The summed E-state index contributed by atoms with van der Waals surface area (Å²) in [5.41, 5.74) is 3.69. The molecule has 162 valence electrons. The standard InChI is InChI=1S/C22H26N6O3/c1-13-11-14(2)19(24-15(13)3)26-7-9-27(10-8-26)21(30)17-5-6-18(23-12-17)28-16(4)20(29)25-22(28)31/h5-6,11-12,29H,7-10H2,1-4H3,(H,25,31). The lowest BCUT2D eigenvalue weighted by Crippen LogP contribution is -2.49. The molecule has 31 heavy (non-hydrogen) atoms. The van der Waals surface area contributed by atoms with Gasteiger partial charge >= 0.3 is 5.69 Å². The zero-order valence-electron chi connectivity index (χ0n) is 18.1. The quantitative estimate of drug-likeness (QED) is 0.667. The fourth-order valence-corrected chi connectivity index (χ4v) is 3.88. The van der Waals surface area contributed by atoms with Crippen LogP contribution in [0.25, 0.3) is 5.82 Å². The highest BCUT2D eigenvalue weighted by Crippen LogP contribution is 2.22. The van der Waals surface area contributed by atoms with Crippen molar-refractivity contribution < 1.29 is 9.90 Å². The van der Waals surface area contributed by atoms with Gasteiger partial charge < -0.3 is 14.9 Å². The van der Waals surface area contributed by atoms with E-state index in [1.807, 2.05) is 11.8 Å². The van der Waals surface area contributed by atoms with Crippen LogP contribution in [-0.2, 0) is 0 Å². The number of rotatable bonds is 3. The highest BCUT2D eigenvalue weighted by Gasteiger charge is 2.24. The maximum Gasteiger partial charge on any atom is 0.334 e. The Morgan fingerprint density at radius 1 is 1.06 bits per heavy atom. The number of imidazole rings is 1. The van der Waals surface area contributed by atoms with Gasteiger partial charge in [0.1, 0.15) is 11.6 Å². The van der Waals surface area contributed by atoms with Crippen molar-refractivity contribution in [3.8, 4) is 11.7 Å². The molecule has 1 aliphatic heterocycles. The smallest absolute Gasteiger partial charge is 0.334 e. The van der Waals surface area contributed by atoms with Gasteiger partial charge in [0.05, 0.1) is 11.3 Å². The predicted molar refractivity (Wildman–Crippen MR) is 117 cm³/mol. The van der Waals surface area contributed by atoms with E-state index in [1.165, 1.54) is 16.3 Å². The molecule has 0 aliphatic carbocycles. The van der Waals surface area contributed by atoms with Crippen LogP contribution in [0.15, 0.2) is 29.2 Å². The third kappa shape index (κ3) is 3.78. The Hall–Kier alpha value is -3.62. The van der Waals surface area contributed by atoms with Gasteiger partial charge in [0, 0.05) is 38.1 Å². The van der Waals surface area contributed by atoms with Crippen molar-refractivity contribution in [2.75, 3.05) is 31.1 Å². The maximum absolute atomic E-state index is 12.9. The molecule has 0 radical (unpaired) electrons. The largest absolute Gasteiger partial charge is 0.493 e. The van der Waals surface area contributed by atoms with Crippen LogP contribution in [0.5, 0.6) is 5.88 Å². The number of aromatic nitrogens is 4. The molecule has 1 fully saturated rings. The summed E-state index contributed by atoms with van der Waals surface area (Å²) in [5.74, 6) is 1.04. The maximum atomic E-state index is 12.9. The number of carbonyl (C=O) groups excluding carboxylic acids is 1. The Labute approximate surface area is 180 Å². The van der Waals surface area contributed by atoms with Gasteiger partial charge in [0.15, 0.2) is 0 Å². The Morgan fingerprint density at radius 2 is 1.77 bits per heavy atom. The third-order valence-electron chi connectivity index (χ3n) is 5.83. The van der Waals surface area contributed by atoms with E-state index < -0.39 is 5.69 Å². The molecule has 0 unspecified atom stereocenters. The summed E-state index contributed by atoms with van der Waals surface area (Å²) in [6.07, 6.45) is 1.47. The van der Waals surface area contributed by atoms with Gasteiger partial charge in [0.2, 0.25) is 5.88 Å². The van der Waals surface area contributed by atoms with Crippen LogP contribution in [0.1, 0.15) is 32.9 Å². The van der Waals surface area contributed by atoms with Gasteiger partial charge in [-0.05, 0) is 51.0 Å².